The second-order valence-corrected chi connectivity index (χ2v) is 0.879. The molecule has 2 heteroatoms. The number of hydrogen-bond donors (Lipinski definition) is 0. The Bertz CT molecular complexity index is 6.00. The van der Waals surface area contributed by atoms with E-state index < -0.39 is 0 Å². The van der Waals surface area contributed by atoms with Crippen LogP contribution in [0.3, 0.4) is 0 Å². The van der Waals surface area contributed by atoms with Crippen molar-refractivity contribution in [2.24, 2.45) is 0 Å². The summed E-state index contributed by atoms with van der Waals surface area (Å²) >= 11 is 4.51. The summed E-state index contributed by atoms with van der Waals surface area (Å²) in [5.41, 5.74) is 0. The summed E-state index contributed by atoms with van der Waals surface area (Å²) in [5.74, 6) is 0. The monoisotopic (exact) mass is 226 g/mol. The van der Waals surface area contributed by atoms with Crippen molar-refractivity contribution in [2.75, 3.05) is 0 Å². The molecule has 0 amide bonds. The Morgan fingerprint density at radius 2 is 1.75 bits per heavy atom. The topological polar surface area (TPSA) is 0 Å². The Labute approximate surface area is 94.3 Å². The Morgan fingerprint density at radius 3 is 1.75 bits per heavy atom. The zero-order valence-electron chi connectivity index (χ0n) is 2.01. The van der Waals surface area contributed by atoms with Gasteiger partial charge in [0.2, 0.25) is 0 Å². The predicted molar refractivity (Wildman–Crippen MR) is 17.6 cm³/mol. The van der Waals surface area contributed by atoms with Gasteiger partial charge in [-0.1, -0.05) is 0 Å². The molecule has 0 aliphatic rings. The third kappa shape index (κ3) is 8.82. The van der Waals surface area contributed by atoms with Gasteiger partial charge in [-0.3, -0.25) is 0 Å². The molecule has 0 aromatic rings. The van der Waals surface area contributed by atoms with E-state index in [1.165, 1.54) is 0 Å². The van der Waals surface area contributed by atoms with Crippen molar-refractivity contribution in [2.45, 2.75) is 12.2 Å². The van der Waals surface area contributed by atoms with Crippen LogP contribution in [0.2, 0.25) is 5.32 Å². The van der Waals surface area contributed by atoms with Crippen molar-refractivity contribution in [3.8, 4) is 0 Å². The first kappa shape index (κ1) is 9.76. The van der Waals surface area contributed by atoms with Gasteiger partial charge in [0.1, 0.15) is 0 Å². The fraction of sp³-hybridized carbons (Fsp3) is 1.00. The molecule has 0 aromatic carbocycles. The predicted octanol–water partition coefficient (Wildman–Crippen LogP) is 0.323. The van der Waals surface area contributed by atoms with Gasteiger partial charge < -0.3 is 0 Å². The molecular weight excluding hydrogens is 220 g/mol. The SMILES string of the molecule is C[CH2][Cu].[CsH]. The van der Waals surface area contributed by atoms with E-state index in [2.05, 4.69) is 16.0 Å². The van der Waals surface area contributed by atoms with Crippen molar-refractivity contribution in [3.63, 3.8) is 0 Å². The van der Waals surface area contributed by atoms with E-state index in [-0.39, 0.29) is 68.9 Å². The molecule has 0 aliphatic heterocycles. The first-order chi connectivity index (χ1) is 1.41. The minimum absolute atomic E-state index is 0. The normalized spacial score (nSPS) is 4.75. The van der Waals surface area contributed by atoms with Crippen molar-refractivity contribution in [3.05, 3.63) is 0 Å². The van der Waals surface area contributed by atoms with Gasteiger partial charge >= 0.3 is 97.1 Å². The van der Waals surface area contributed by atoms with Crippen LogP contribution in [0.25, 0.3) is 0 Å². The van der Waals surface area contributed by atoms with E-state index in [1.54, 1.807) is 0 Å². The summed E-state index contributed by atoms with van der Waals surface area (Å²) in [5, 5.41) is 0.812. The quantitative estimate of drug-likeness (QED) is 0.522. The average molecular weight is 227 g/mol. The molecule has 0 radical (unpaired) electrons. The number of hydrogen-bond acceptors (Lipinski definition) is 0. The maximum atomic E-state index is 4.51. The molecule has 0 spiro atoms. The maximum absolute atomic E-state index is 4.51. The Balaban J connectivity index is 0. The molecular formula is C2H6CsCu. The Kier molecular flexibility index (Phi) is 22.3. The third-order valence-corrected chi connectivity index (χ3v) is 0. The molecule has 0 aliphatic carbocycles. The van der Waals surface area contributed by atoms with E-state index in [4.69, 9.17) is 0 Å². The second-order valence-electron chi connectivity index (χ2n) is 0.213. The molecule has 0 bridgehead atoms. The van der Waals surface area contributed by atoms with Gasteiger partial charge in [0, 0.05) is 0 Å². The van der Waals surface area contributed by atoms with Crippen LogP contribution in [-0.4, -0.2) is 68.9 Å². The van der Waals surface area contributed by atoms with Gasteiger partial charge in [-0.05, 0) is 0 Å². The van der Waals surface area contributed by atoms with Gasteiger partial charge in [-0.25, -0.2) is 0 Å². The molecule has 0 saturated heterocycles. The van der Waals surface area contributed by atoms with Crippen LogP contribution in [0.4, 0.5) is 0 Å². The summed E-state index contributed by atoms with van der Waals surface area (Å²) in [6.45, 7) is 1.93. The average Bonchev–Trinajstić information content (AvgIpc) is 0.918. The van der Waals surface area contributed by atoms with Crippen molar-refractivity contribution in [1.82, 2.24) is 0 Å². The summed E-state index contributed by atoms with van der Waals surface area (Å²) in [4.78, 5) is 0. The van der Waals surface area contributed by atoms with Gasteiger partial charge in [0.05, 0.1) is 0 Å². The zero-order valence-corrected chi connectivity index (χ0v) is 2.95. The van der Waals surface area contributed by atoms with Crippen LogP contribution < -0.4 is 0 Å². The molecule has 4 heavy (non-hydrogen) atoms. The molecule has 0 fully saturated rings. The second kappa shape index (κ2) is 9.13. The summed E-state index contributed by atoms with van der Waals surface area (Å²) < 4.78 is 0. The standard InChI is InChI=1S/C2H5.Cs.Cu.H/c1-2;;;/h1H2,2H3;;;. The molecule has 0 saturated carbocycles. The molecule has 0 nitrogen and oxygen atoms in total. The van der Waals surface area contributed by atoms with Gasteiger partial charge in [-0.15, -0.1) is 0 Å². The molecule has 0 heterocycles. The minimum atomic E-state index is 0. The summed E-state index contributed by atoms with van der Waals surface area (Å²) in [6, 6.07) is 0. The molecule has 26 valence electrons. The van der Waals surface area contributed by atoms with Crippen molar-refractivity contribution < 1.29 is 16.0 Å². The van der Waals surface area contributed by atoms with E-state index in [1.807, 2.05) is 6.92 Å². The van der Waals surface area contributed by atoms with Crippen LogP contribution in [0.5, 0.6) is 0 Å². The van der Waals surface area contributed by atoms with Gasteiger partial charge in [-0.2, -0.15) is 0 Å². The summed E-state index contributed by atoms with van der Waals surface area (Å²) in [7, 11) is 0. The molecule has 0 unspecified atom stereocenters. The van der Waals surface area contributed by atoms with Crippen LogP contribution in [0, 0.1) is 0 Å². The first-order valence-electron chi connectivity index (χ1n) is 0.920. The first-order valence-corrected chi connectivity index (χ1v) is 1.59. The Hall–Kier alpha value is 2.57. The van der Waals surface area contributed by atoms with Crippen molar-refractivity contribution >= 4 is 68.9 Å². The van der Waals surface area contributed by atoms with Crippen LogP contribution in [-0.2, 0) is 16.0 Å². The molecule has 0 aromatic heterocycles. The zero-order chi connectivity index (χ0) is 2.71. The van der Waals surface area contributed by atoms with E-state index in [0.717, 1.165) is 5.32 Å². The number of rotatable bonds is 0. The third-order valence-electron chi connectivity index (χ3n) is 0. The molecule has 0 atom stereocenters. The van der Waals surface area contributed by atoms with Crippen LogP contribution >= 0.6 is 0 Å². The molecule has 0 N–H and O–H groups in total. The van der Waals surface area contributed by atoms with Crippen LogP contribution in [0.1, 0.15) is 6.92 Å². The fourth-order valence-electron chi connectivity index (χ4n) is 0. The van der Waals surface area contributed by atoms with Crippen LogP contribution in [0.15, 0.2) is 0 Å². The van der Waals surface area contributed by atoms with Crippen molar-refractivity contribution in [1.29, 1.82) is 0 Å². The Morgan fingerprint density at radius 1 is 1.75 bits per heavy atom. The van der Waals surface area contributed by atoms with E-state index in [9.17, 15) is 0 Å². The van der Waals surface area contributed by atoms with Gasteiger partial charge in [0.15, 0.2) is 0 Å². The summed E-state index contributed by atoms with van der Waals surface area (Å²) in [6.07, 6.45) is 0. The van der Waals surface area contributed by atoms with E-state index in [0.29, 0.717) is 0 Å². The fourth-order valence-corrected chi connectivity index (χ4v) is 0. The van der Waals surface area contributed by atoms with Gasteiger partial charge in [0.25, 0.3) is 0 Å². The van der Waals surface area contributed by atoms with E-state index >= 15 is 0 Å². The molecule has 0 rings (SSSR count).